The van der Waals surface area contributed by atoms with E-state index in [4.69, 9.17) is 0 Å². The average Bonchev–Trinajstić information content (AvgIpc) is 2.54. The number of rotatable bonds is 7. The molecule has 0 aromatic heterocycles. The Kier molecular flexibility index (Phi) is 6.31. The molecule has 0 heterocycles. The lowest BCUT2D eigenvalue weighted by Crippen LogP contribution is -2.30. The van der Waals surface area contributed by atoms with Crippen LogP contribution in [-0.2, 0) is 11.8 Å². The average molecular weight is 396 g/mol. The first-order valence-electron chi connectivity index (χ1n) is 7.02. The predicted molar refractivity (Wildman–Crippen MR) is 95.1 cm³/mol. The van der Waals surface area contributed by atoms with Gasteiger partial charge in [-0.25, -0.2) is 0 Å². The minimum absolute atomic E-state index is 0.191. The molecule has 2 aromatic carbocycles. The number of benzene rings is 2. The van der Waals surface area contributed by atoms with Gasteiger partial charge in [0.15, 0.2) is 0 Å². The minimum atomic E-state index is 0.191. The van der Waals surface area contributed by atoms with Crippen molar-refractivity contribution in [3.05, 3.63) is 71.8 Å². The SMILES string of the molecule is BrCC(CBr)(CCCc1ccccc1)c1ccccc1. The normalized spacial score (nSPS) is 11.5. The van der Waals surface area contributed by atoms with Gasteiger partial charge in [-0.1, -0.05) is 92.5 Å². The summed E-state index contributed by atoms with van der Waals surface area (Å²) in [4.78, 5) is 0. The summed E-state index contributed by atoms with van der Waals surface area (Å²) in [6, 6.07) is 21.6. The van der Waals surface area contributed by atoms with Crippen molar-refractivity contribution < 1.29 is 0 Å². The molecule has 0 bridgehead atoms. The fraction of sp³-hybridized carbons (Fsp3) is 0.333. The second-order valence-electron chi connectivity index (χ2n) is 5.25. The van der Waals surface area contributed by atoms with E-state index in [1.807, 2.05) is 0 Å². The highest BCUT2D eigenvalue weighted by Gasteiger charge is 2.29. The van der Waals surface area contributed by atoms with E-state index in [1.54, 1.807) is 0 Å². The zero-order valence-corrected chi connectivity index (χ0v) is 14.7. The molecule has 0 atom stereocenters. The second kappa shape index (κ2) is 7.99. The summed E-state index contributed by atoms with van der Waals surface area (Å²) in [7, 11) is 0. The van der Waals surface area contributed by atoms with Gasteiger partial charge in [-0.05, 0) is 30.4 Å². The molecule has 0 unspecified atom stereocenters. The lowest BCUT2D eigenvalue weighted by atomic mass is 9.80. The molecule has 0 nitrogen and oxygen atoms in total. The highest BCUT2D eigenvalue weighted by atomic mass is 79.9. The Morgan fingerprint density at radius 3 is 1.85 bits per heavy atom. The molecule has 0 aliphatic rings. The molecule has 0 spiro atoms. The maximum Gasteiger partial charge on any atom is 0.0147 e. The summed E-state index contributed by atoms with van der Waals surface area (Å²) < 4.78 is 0. The number of hydrogen-bond acceptors (Lipinski definition) is 0. The first-order chi connectivity index (χ1) is 9.80. The standard InChI is InChI=1S/C18H20Br2/c19-14-18(15-20,17-11-5-2-6-12-17)13-7-10-16-8-3-1-4-9-16/h1-6,8-9,11-12H,7,10,13-15H2. The maximum atomic E-state index is 3.73. The van der Waals surface area contributed by atoms with E-state index in [-0.39, 0.29) is 5.41 Å². The van der Waals surface area contributed by atoms with Gasteiger partial charge in [-0.15, -0.1) is 0 Å². The molecule has 2 aromatic rings. The molecular formula is C18H20Br2. The van der Waals surface area contributed by atoms with Crippen LogP contribution in [0.3, 0.4) is 0 Å². The highest BCUT2D eigenvalue weighted by molar-refractivity contribution is 9.09. The van der Waals surface area contributed by atoms with Gasteiger partial charge in [-0.3, -0.25) is 0 Å². The molecule has 106 valence electrons. The van der Waals surface area contributed by atoms with Gasteiger partial charge < -0.3 is 0 Å². The predicted octanol–water partition coefficient (Wildman–Crippen LogP) is 5.74. The smallest absolute Gasteiger partial charge is 0.0147 e. The van der Waals surface area contributed by atoms with Crippen molar-refractivity contribution in [1.29, 1.82) is 0 Å². The second-order valence-corrected chi connectivity index (χ2v) is 6.37. The number of halogens is 2. The molecular weight excluding hydrogens is 376 g/mol. The zero-order valence-electron chi connectivity index (χ0n) is 11.6. The molecule has 0 saturated heterocycles. The van der Waals surface area contributed by atoms with Crippen LogP contribution in [0.2, 0.25) is 0 Å². The van der Waals surface area contributed by atoms with Crippen LogP contribution in [0.1, 0.15) is 24.0 Å². The summed E-state index contributed by atoms with van der Waals surface area (Å²) in [6.07, 6.45) is 3.54. The van der Waals surface area contributed by atoms with Crippen LogP contribution in [0.15, 0.2) is 60.7 Å². The quantitative estimate of drug-likeness (QED) is 0.524. The largest absolute Gasteiger partial charge is 0.0918 e. The van der Waals surface area contributed by atoms with Crippen LogP contribution in [-0.4, -0.2) is 10.7 Å². The molecule has 2 rings (SSSR count). The Hall–Kier alpha value is -0.600. The summed E-state index contributed by atoms with van der Waals surface area (Å²) in [6.45, 7) is 0. The van der Waals surface area contributed by atoms with Gasteiger partial charge in [0.2, 0.25) is 0 Å². The number of alkyl halides is 2. The lowest BCUT2D eigenvalue weighted by molar-refractivity contribution is 0.484. The van der Waals surface area contributed by atoms with Gasteiger partial charge in [-0.2, -0.15) is 0 Å². The Bertz CT molecular complexity index is 489. The minimum Gasteiger partial charge on any atom is -0.0918 e. The van der Waals surface area contributed by atoms with Crippen molar-refractivity contribution >= 4 is 31.9 Å². The summed E-state index contributed by atoms with van der Waals surface area (Å²) in [5, 5.41) is 1.98. The van der Waals surface area contributed by atoms with Crippen LogP contribution < -0.4 is 0 Å². The fourth-order valence-electron chi connectivity index (χ4n) is 2.54. The Labute approximate surface area is 138 Å². The third-order valence-electron chi connectivity index (χ3n) is 3.86. The molecule has 0 aliphatic carbocycles. The van der Waals surface area contributed by atoms with Crippen LogP contribution >= 0.6 is 31.9 Å². The zero-order chi connectivity index (χ0) is 14.3. The van der Waals surface area contributed by atoms with Crippen LogP contribution in [0.4, 0.5) is 0 Å². The van der Waals surface area contributed by atoms with Gasteiger partial charge in [0.05, 0.1) is 0 Å². The fourth-order valence-corrected chi connectivity index (χ4v) is 4.67. The summed E-state index contributed by atoms with van der Waals surface area (Å²) >= 11 is 7.45. The van der Waals surface area contributed by atoms with Gasteiger partial charge >= 0.3 is 0 Å². The van der Waals surface area contributed by atoms with E-state index in [0.717, 1.165) is 17.1 Å². The van der Waals surface area contributed by atoms with Crippen LogP contribution in [0, 0.1) is 0 Å². The topological polar surface area (TPSA) is 0 Å². The van der Waals surface area contributed by atoms with E-state index in [9.17, 15) is 0 Å². The van der Waals surface area contributed by atoms with Crippen LogP contribution in [0.25, 0.3) is 0 Å². The van der Waals surface area contributed by atoms with Crippen molar-refractivity contribution in [2.45, 2.75) is 24.7 Å². The Morgan fingerprint density at radius 1 is 0.750 bits per heavy atom. The van der Waals surface area contributed by atoms with Crippen molar-refractivity contribution in [2.24, 2.45) is 0 Å². The van der Waals surface area contributed by atoms with Crippen molar-refractivity contribution in [2.75, 3.05) is 10.7 Å². The van der Waals surface area contributed by atoms with Crippen molar-refractivity contribution in [3.8, 4) is 0 Å². The van der Waals surface area contributed by atoms with E-state index < -0.39 is 0 Å². The molecule has 20 heavy (non-hydrogen) atoms. The van der Waals surface area contributed by atoms with Gasteiger partial charge in [0.25, 0.3) is 0 Å². The van der Waals surface area contributed by atoms with E-state index in [1.165, 1.54) is 24.0 Å². The molecule has 0 N–H and O–H groups in total. The number of hydrogen-bond donors (Lipinski definition) is 0. The third kappa shape index (κ3) is 3.95. The van der Waals surface area contributed by atoms with E-state index in [2.05, 4.69) is 92.5 Å². The maximum absolute atomic E-state index is 3.73. The van der Waals surface area contributed by atoms with Crippen LogP contribution in [0.5, 0.6) is 0 Å². The first-order valence-corrected chi connectivity index (χ1v) is 9.26. The molecule has 0 aliphatic heterocycles. The first kappa shape index (κ1) is 15.8. The Morgan fingerprint density at radius 2 is 1.30 bits per heavy atom. The van der Waals surface area contributed by atoms with E-state index in [0.29, 0.717) is 0 Å². The molecule has 0 amide bonds. The molecule has 0 saturated carbocycles. The molecule has 0 fully saturated rings. The monoisotopic (exact) mass is 394 g/mol. The van der Waals surface area contributed by atoms with E-state index >= 15 is 0 Å². The van der Waals surface area contributed by atoms with Crippen molar-refractivity contribution in [1.82, 2.24) is 0 Å². The van der Waals surface area contributed by atoms with Crippen molar-refractivity contribution in [3.63, 3.8) is 0 Å². The lowest BCUT2D eigenvalue weighted by Gasteiger charge is -2.31. The summed E-state index contributed by atoms with van der Waals surface area (Å²) in [5.41, 5.74) is 3.04. The van der Waals surface area contributed by atoms with Gasteiger partial charge in [0.1, 0.15) is 0 Å². The highest BCUT2D eigenvalue weighted by Crippen LogP contribution is 2.34. The summed E-state index contributed by atoms with van der Waals surface area (Å²) in [5.74, 6) is 0. The number of aryl methyl sites for hydroxylation is 1. The molecule has 2 heteroatoms. The third-order valence-corrected chi connectivity index (χ3v) is 6.01. The van der Waals surface area contributed by atoms with Gasteiger partial charge in [0, 0.05) is 16.1 Å². The Balaban J connectivity index is 2.03. The molecule has 0 radical (unpaired) electrons.